The Morgan fingerprint density at radius 1 is 1.35 bits per heavy atom. The van der Waals surface area contributed by atoms with Crippen LogP contribution in [-0.4, -0.2) is 12.5 Å². The molecule has 0 saturated carbocycles. The molecule has 0 saturated heterocycles. The van der Waals surface area contributed by atoms with Crippen LogP contribution in [0.1, 0.15) is 51.0 Å². The summed E-state index contributed by atoms with van der Waals surface area (Å²) in [5, 5.41) is 3.03. The molecular formula is C15H25ClN2OS. The number of amides is 1. The summed E-state index contributed by atoms with van der Waals surface area (Å²) in [5.74, 6) is 1.20. The Morgan fingerprint density at radius 3 is 2.55 bits per heavy atom. The van der Waals surface area contributed by atoms with Crippen molar-refractivity contribution in [1.29, 1.82) is 0 Å². The molecule has 0 radical (unpaired) electrons. The molecule has 1 amide bonds. The molecule has 0 spiro atoms. The normalized spacial score (nSPS) is 14.3. The summed E-state index contributed by atoms with van der Waals surface area (Å²) in [4.78, 5) is 13.1. The first-order valence-electron chi connectivity index (χ1n) is 7.18. The predicted molar refractivity (Wildman–Crippen MR) is 87.1 cm³/mol. The number of halogens is 1. The molecule has 3 N–H and O–H groups in total. The van der Waals surface area contributed by atoms with Crippen molar-refractivity contribution in [2.45, 2.75) is 46.1 Å². The number of nitrogens with two attached hydrogens (primary N) is 1. The molecule has 0 aliphatic carbocycles. The van der Waals surface area contributed by atoms with Crippen molar-refractivity contribution in [2.24, 2.45) is 17.6 Å². The molecule has 1 aromatic heterocycles. The van der Waals surface area contributed by atoms with Crippen molar-refractivity contribution >= 4 is 28.8 Å². The van der Waals surface area contributed by atoms with E-state index in [1.165, 1.54) is 11.3 Å². The minimum atomic E-state index is 0.0204. The number of thiophene rings is 1. The number of rotatable bonds is 8. The van der Waals surface area contributed by atoms with Crippen LogP contribution in [0, 0.1) is 11.8 Å². The Balaban J connectivity index is 2.39. The Hall–Kier alpha value is -0.580. The van der Waals surface area contributed by atoms with Gasteiger partial charge in [0.2, 0.25) is 5.91 Å². The van der Waals surface area contributed by atoms with E-state index in [2.05, 4.69) is 19.2 Å². The molecule has 0 aliphatic rings. The molecule has 20 heavy (non-hydrogen) atoms. The van der Waals surface area contributed by atoms with Crippen molar-refractivity contribution in [2.75, 3.05) is 6.54 Å². The highest BCUT2D eigenvalue weighted by Gasteiger charge is 2.16. The second-order valence-corrected chi connectivity index (χ2v) is 7.30. The number of hydrogen-bond donors (Lipinski definition) is 2. The van der Waals surface area contributed by atoms with Gasteiger partial charge in [0.05, 0.1) is 10.4 Å². The quantitative estimate of drug-likeness (QED) is 0.762. The van der Waals surface area contributed by atoms with E-state index in [9.17, 15) is 4.79 Å². The molecule has 1 heterocycles. The van der Waals surface area contributed by atoms with Crippen LogP contribution >= 0.6 is 22.9 Å². The predicted octanol–water partition coefficient (Wildman–Crippen LogP) is 3.98. The SMILES string of the molecule is CC(NC(=O)CCC(CCN)C(C)C)c1ccc(Cl)s1. The first-order chi connectivity index (χ1) is 9.43. The smallest absolute Gasteiger partial charge is 0.220 e. The molecule has 0 aromatic carbocycles. The van der Waals surface area contributed by atoms with Crippen LogP contribution < -0.4 is 11.1 Å². The van der Waals surface area contributed by atoms with E-state index in [4.69, 9.17) is 17.3 Å². The fraction of sp³-hybridized carbons (Fsp3) is 0.667. The fourth-order valence-corrected chi connectivity index (χ4v) is 3.35. The van der Waals surface area contributed by atoms with Gasteiger partial charge in [0.25, 0.3) is 0 Å². The summed E-state index contributed by atoms with van der Waals surface area (Å²) >= 11 is 7.42. The highest BCUT2D eigenvalue weighted by atomic mass is 35.5. The van der Waals surface area contributed by atoms with Gasteiger partial charge in [-0.1, -0.05) is 25.4 Å². The first kappa shape index (κ1) is 17.5. The Kier molecular flexibility index (Phi) is 7.56. The lowest BCUT2D eigenvalue weighted by Crippen LogP contribution is -2.27. The molecule has 0 fully saturated rings. The number of hydrogen-bond acceptors (Lipinski definition) is 3. The maximum atomic E-state index is 12.0. The minimum Gasteiger partial charge on any atom is -0.349 e. The van der Waals surface area contributed by atoms with Gasteiger partial charge in [0.15, 0.2) is 0 Å². The zero-order valence-corrected chi connectivity index (χ0v) is 14.1. The van der Waals surface area contributed by atoms with Crippen molar-refractivity contribution in [3.05, 3.63) is 21.3 Å². The van der Waals surface area contributed by atoms with Crippen molar-refractivity contribution in [3.63, 3.8) is 0 Å². The lowest BCUT2D eigenvalue weighted by Gasteiger charge is -2.20. The lowest BCUT2D eigenvalue weighted by molar-refractivity contribution is -0.122. The molecule has 0 bridgehead atoms. The van der Waals surface area contributed by atoms with E-state index in [0.717, 1.165) is 22.1 Å². The summed E-state index contributed by atoms with van der Waals surface area (Å²) < 4.78 is 0.754. The third kappa shape index (κ3) is 5.81. The number of carbonyl (C=O) groups is 1. The van der Waals surface area contributed by atoms with E-state index < -0.39 is 0 Å². The van der Waals surface area contributed by atoms with E-state index >= 15 is 0 Å². The Bertz CT molecular complexity index is 420. The summed E-state index contributed by atoms with van der Waals surface area (Å²) in [6.45, 7) is 7.05. The van der Waals surface area contributed by atoms with Crippen LogP contribution in [0.5, 0.6) is 0 Å². The number of nitrogens with one attached hydrogen (secondary N) is 1. The van der Waals surface area contributed by atoms with Crippen molar-refractivity contribution in [1.82, 2.24) is 5.32 Å². The number of carbonyl (C=O) groups excluding carboxylic acids is 1. The van der Waals surface area contributed by atoms with Crippen LogP contribution in [0.25, 0.3) is 0 Å². The zero-order valence-electron chi connectivity index (χ0n) is 12.5. The van der Waals surface area contributed by atoms with E-state index in [-0.39, 0.29) is 11.9 Å². The van der Waals surface area contributed by atoms with Crippen LogP contribution in [-0.2, 0) is 4.79 Å². The summed E-state index contributed by atoms with van der Waals surface area (Å²) in [6.07, 6.45) is 2.45. The summed E-state index contributed by atoms with van der Waals surface area (Å²) in [6, 6.07) is 3.84. The van der Waals surface area contributed by atoms with Crippen LogP contribution in [0.15, 0.2) is 12.1 Å². The van der Waals surface area contributed by atoms with Gasteiger partial charge in [-0.3, -0.25) is 4.79 Å². The van der Waals surface area contributed by atoms with E-state index in [1.54, 1.807) is 0 Å². The average molecular weight is 317 g/mol. The second kappa shape index (κ2) is 8.65. The van der Waals surface area contributed by atoms with Gasteiger partial charge in [0.1, 0.15) is 0 Å². The minimum absolute atomic E-state index is 0.0204. The van der Waals surface area contributed by atoms with Crippen LogP contribution in [0.3, 0.4) is 0 Å². The highest BCUT2D eigenvalue weighted by molar-refractivity contribution is 7.16. The average Bonchev–Trinajstić information content (AvgIpc) is 2.80. The zero-order chi connectivity index (χ0) is 15.1. The monoisotopic (exact) mass is 316 g/mol. The Morgan fingerprint density at radius 2 is 2.05 bits per heavy atom. The fourth-order valence-electron chi connectivity index (χ4n) is 2.29. The lowest BCUT2D eigenvalue weighted by atomic mass is 9.88. The van der Waals surface area contributed by atoms with E-state index in [1.807, 2.05) is 19.1 Å². The van der Waals surface area contributed by atoms with Gasteiger partial charge in [-0.05, 0) is 50.3 Å². The van der Waals surface area contributed by atoms with E-state index in [0.29, 0.717) is 24.8 Å². The molecule has 1 aromatic rings. The molecule has 114 valence electrons. The largest absolute Gasteiger partial charge is 0.349 e. The summed E-state index contributed by atoms with van der Waals surface area (Å²) in [5.41, 5.74) is 5.62. The molecule has 3 nitrogen and oxygen atoms in total. The first-order valence-corrected chi connectivity index (χ1v) is 8.38. The van der Waals surface area contributed by atoms with Gasteiger partial charge in [-0.25, -0.2) is 0 Å². The molecule has 1 rings (SSSR count). The molecular weight excluding hydrogens is 292 g/mol. The maximum Gasteiger partial charge on any atom is 0.220 e. The van der Waals surface area contributed by atoms with Crippen molar-refractivity contribution < 1.29 is 4.79 Å². The standard InChI is InChI=1S/C15H25ClN2OS/c1-10(2)12(8-9-17)4-7-15(19)18-11(3)13-5-6-14(16)20-13/h5-6,10-12H,4,7-9,17H2,1-3H3,(H,18,19). The molecule has 5 heteroatoms. The van der Waals surface area contributed by atoms with Crippen LogP contribution in [0.4, 0.5) is 0 Å². The van der Waals surface area contributed by atoms with Gasteiger partial charge in [0, 0.05) is 11.3 Å². The van der Waals surface area contributed by atoms with Gasteiger partial charge >= 0.3 is 0 Å². The second-order valence-electron chi connectivity index (χ2n) is 5.55. The third-order valence-corrected chi connectivity index (χ3v) is 5.03. The van der Waals surface area contributed by atoms with Crippen molar-refractivity contribution in [3.8, 4) is 0 Å². The van der Waals surface area contributed by atoms with Gasteiger partial charge in [-0.15, -0.1) is 11.3 Å². The molecule has 2 unspecified atom stereocenters. The Labute approximate surface area is 130 Å². The summed E-state index contributed by atoms with van der Waals surface area (Å²) in [7, 11) is 0. The van der Waals surface area contributed by atoms with Gasteiger partial charge in [-0.2, -0.15) is 0 Å². The topological polar surface area (TPSA) is 55.1 Å². The molecule has 0 aliphatic heterocycles. The maximum absolute atomic E-state index is 12.0. The highest BCUT2D eigenvalue weighted by Crippen LogP contribution is 2.27. The van der Waals surface area contributed by atoms with Crippen LogP contribution in [0.2, 0.25) is 4.34 Å². The van der Waals surface area contributed by atoms with Gasteiger partial charge < -0.3 is 11.1 Å². The molecule has 2 atom stereocenters. The third-order valence-electron chi connectivity index (χ3n) is 3.62.